The molecule has 0 rings (SSSR count). The summed E-state index contributed by atoms with van der Waals surface area (Å²) in [5.41, 5.74) is 0. The molecule has 5 nitrogen and oxygen atoms in total. The Labute approximate surface area is 63.5 Å². The number of hydrogen-bond donors (Lipinski definition) is 4. The molecule has 0 saturated heterocycles. The minimum Gasteiger partial charge on any atom is -0.366 e. The minimum absolute atomic E-state index is 0. The largest absolute Gasteiger partial charge is 0.699 e. The zero-order chi connectivity index (χ0) is 5.21. The highest BCUT2D eigenvalue weighted by atomic mass is 35.5. The maximum Gasteiger partial charge on any atom is 0.699 e. The van der Waals surface area contributed by atoms with E-state index in [-0.39, 0.29) is 29.8 Å². The molecule has 0 radical (unpaired) electrons. The Kier molecular flexibility index (Phi) is 11.9. The van der Waals surface area contributed by atoms with Crippen LogP contribution in [0.2, 0.25) is 0 Å². The van der Waals surface area contributed by atoms with E-state index >= 15 is 0 Å². The predicted octanol–water partition coefficient (Wildman–Crippen LogP) is -2.87. The second-order valence-corrected chi connectivity index (χ2v) is 2.00. The van der Waals surface area contributed by atoms with E-state index in [0.29, 0.717) is 0 Å². The van der Waals surface area contributed by atoms with Crippen molar-refractivity contribution in [3.05, 3.63) is 0 Å². The molecule has 8 heteroatoms. The molecule has 0 aromatic carbocycles. The van der Waals surface area contributed by atoms with E-state index in [1.165, 1.54) is 0 Å². The summed E-state index contributed by atoms with van der Waals surface area (Å²) < 4.78 is 2.74. The van der Waals surface area contributed by atoms with Crippen LogP contribution in [0.15, 0.2) is 0 Å². The van der Waals surface area contributed by atoms with Gasteiger partial charge in [-0.1, -0.05) is 0 Å². The average Bonchev–Trinajstić information content (AvgIpc) is 1.35. The molecule has 0 amide bonds. The Balaban J connectivity index is -0.000000125. The van der Waals surface area contributed by atoms with Crippen molar-refractivity contribution < 1.29 is 24.2 Å². The Morgan fingerprint density at radius 1 is 1.12 bits per heavy atom. The summed E-state index contributed by atoms with van der Waals surface area (Å²) >= 11 is 0. The van der Waals surface area contributed by atoms with Gasteiger partial charge in [-0.3, -0.25) is 5.26 Å². The van der Waals surface area contributed by atoms with Crippen LogP contribution in [0.4, 0.5) is 0 Å². The van der Waals surface area contributed by atoms with Crippen LogP contribution in [0.3, 0.4) is 0 Å². The van der Waals surface area contributed by atoms with Crippen molar-refractivity contribution in [1.29, 1.82) is 0 Å². The molecule has 0 aromatic heterocycles. The molecule has 0 spiro atoms. The van der Waals surface area contributed by atoms with E-state index in [4.69, 9.17) is 19.6 Å². The van der Waals surface area contributed by atoms with Gasteiger partial charge in [-0.15, -0.1) is 12.4 Å². The van der Waals surface area contributed by atoms with Gasteiger partial charge in [0.05, 0.1) is 0 Å². The third kappa shape index (κ3) is 15.8. The summed E-state index contributed by atoms with van der Waals surface area (Å²) in [6, 6.07) is 0. The standard InChI is InChI=1S/Al.ClH.H4O5Si.3H/c;;1-5-6(2,3)4;;;/h;1H;1-4H;;;. The molecule has 0 bridgehead atoms. The van der Waals surface area contributed by atoms with Gasteiger partial charge in [0.25, 0.3) is 0 Å². The van der Waals surface area contributed by atoms with E-state index in [9.17, 15) is 0 Å². The third-order valence-electron chi connectivity index (χ3n) is 0.122. The zero-order valence-electron chi connectivity index (χ0n) is 3.11. The Hall–Kier alpha value is 0.839. The van der Waals surface area contributed by atoms with Gasteiger partial charge in [-0.25, -0.2) is 0 Å². The smallest absolute Gasteiger partial charge is 0.366 e. The highest BCUT2D eigenvalue weighted by Crippen LogP contribution is 1.79. The quantitative estimate of drug-likeness (QED) is 0.197. The van der Waals surface area contributed by atoms with Gasteiger partial charge in [-0.05, 0) is 0 Å². The van der Waals surface area contributed by atoms with Crippen molar-refractivity contribution in [3.8, 4) is 0 Å². The van der Waals surface area contributed by atoms with E-state index in [0.717, 1.165) is 0 Å². The Bertz CT molecular complexity index is 42.2. The maximum absolute atomic E-state index is 7.60. The summed E-state index contributed by atoms with van der Waals surface area (Å²) in [4.78, 5) is 22.8. The van der Waals surface area contributed by atoms with Gasteiger partial charge in [-0.2, -0.15) is 4.58 Å². The predicted molar refractivity (Wildman–Crippen MR) is 33.3 cm³/mol. The van der Waals surface area contributed by atoms with Crippen LogP contribution in [0.1, 0.15) is 0 Å². The van der Waals surface area contributed by atoms with E-state index in [1.54, 1.807) is 0 Å². The highest BCUT2D eigenvalue weighted by molar-refractivity contribution is 6.48. The molecule has 4 N–H and O–H groups in total. The SMILES string of the molecule is Cl.OO[Si](O)(O)O.[AlH3]. The second-order valence-electron chi connectivity index (χ2n) is 0.665. The summed E-state index contributed by atoms with van der Waals surface area (Å²) in [5.74, 6) is 0. The third-order valence-corrected chi connectivity index (χ3v) is 0.367. The zero-order valence-corrected chi connectivity index (χ0v) is 4.92. The molecule has 8 heavy (non-hydrogen) atoms. The Morgan fingerprint density at radius 2 is 1.25 bits per heavy atom. The lowest BCUT2D eigenvalue weighted by Crippen LogP contribution is -2.37. The molecule has 0 aliphatic rings. The lowest BCUT2D eigenvalue weighted by Gasteiger charge is -1.98. The van der Waals surface area contributed by atoms with Gasteiger partial charge in [0, 0.05) is 0 Å². The topological polar surface area (TPSA) is 90.2 Å². The van der Waals surface area contributed by atoms with Crippen molar-refractivity contribution in [2.45, 2.75) is 0 Å². The number of rotatable bonds is 1. The van der Waals surface area contributed by atoms with Crippen LogP contribution < -0.4 is 0 Å². The molecular formula is H8AlClO5Si. The van der Waals surface area contributed by atoms with Gasteiger partial charge in [0.15, 0.2) is 17.4 Å². The van der Waals surface area contributed by atoms with Crippen molar-refractivity contribution in [2.75, 3.05) is 0 Å². The lowest BCUT2D eigenvalue weighted by molar-refractivity contribution is -0.209. The molecule has 52 valence electrons. The average molecular weight is 179 g/mol. The van der Waals surface area contributed by atoms with Crippen molar-refractivity contribution >= 4 is 38.8 Å². The second kappa shape index (κ2) is 5.97. The summed E-state index contributed by atoms with van der Waals surface area (Å²) in [6.45, 7) is 0. The number of halogens is 1. The lowest BCUT2D eigenvalue weighted by atomic mass is 14.9. The first-order valence-electron chi connectivity index (χ1n) is 1.06. The molecule has 0 aliphatic heterocycles. The molecule has 0 unspecified atom stereocenters. The van der Waals surface area contributed by atoms with Crippen molar-refractivity contribution in [1.82, 2.24) is 0 Å². The molecule has 0 saturated carbocycles. The first-order valence-corrected chi connectivity index (χ1v) is 2.81. The van der Waals surface area contributed by atoms with Gasteiger partial charge < -0.3 is 14.4 Å². The normalized spacial score (nSPS) is 9.00. The summed E-state index contributed by atoms with van der Waals surface area (Å²) in [5, 5.41) is 7.21. The van der Waals surface area contributed by atoms with Gasteiger partial charge >= 0.3 is 9.05 Å². The van der Waals surface area contributed by atoms with Gasteiger partial charge in [0.2, 0.25) is 0 Å². The molecular weight excluding hydrogens is 171 g/mol. The van der Waals surface area contributed by atoms with E-state index < -0.39 is 9.05 Å². The molecule has 0 atom stereocenters. The van der Waals surface area contributed by atoms with Crippen molar-refractivity contribution in [2.24, 2.45) is 0 Å². The molecule has 0 heterocycles. The summed E-state index contributed by atoms with van der Waals surface area (Å²) in [6.07, 6.45) is 0. The summed E-state index contributed by atoms with van der Waals surface area (Å²) in [7, 11) is -4.58. The van der Waals surface area contributed by atoms with Crippen LogP contribution >= 0.6 is 12.4 Å². The fraction of sp³-hybridized carbons (Fsp3) is 0. The van der Waals surface area contributed by atoms with Crippen molar-refractivity contribution in [3.63, 3.8) is 0 Å². The Morgan fingerprint density at radius 3 is 1.25 bits per heavy atom. The van der Waals surface area contributed by atoms with Crippen LogP contribution in [0, 0.1) is 0 Å². The van der Waals surface area contributed by atoms with Crippen LogP contribution in [-0.4, -0.2) is 46.1 Å². The van der Waals surface area contributed by atoms with E-state index in [1.807, 2.05) is 0 Å². The monoisotopic (exact) mass is 178 g/mol. The fourth-order valence-corrected chi connectivity index (χ4v) is 0. The minimum atomic E-state index is -4.58. The van der Waals surface area contributed by atoms with Crippen LogP contribution in [-0.2, 0) is 4.58 Å². The van der Waals surface area contributed by atoms with Crippen LogP contribution in [0.5, 0.6) is 0 Å². The van der Waals surface area contributed by atoms with Gasteiger partial charge in [0.1, 0.15) is 0 Å². The highest BCUT2D eigenvalue weighted by Gasteiger charge is 2.30. The molecule has 0 aliphatic carbocycles. The fourth-order valence-electron chi connectivity index (χ4n) is 0. The molecule has 0 fully saturated rings. The maximum atomic E-state index is 7.60. The van der Waals surface area contributed by atoms with E-state index in [2.05, 4.69) is 4.58 Å². The van der Waals surface area contributed by atoms with Crippen LogP contribution in [0.25, 0.3) is 0 Å². The first kappa shape index (κ1) is 15.9. The molecule has 0 aromatic rings. The number of hydrogen-bond acceptors (Lipinski definition) is 5. The first-order chi connectivity index (χ1) is 2.56.